The van der Waals surface area contributed by atoms with Crippen LogP contribution in [0.3, 0.4) is 0 Å². The number of hydrogen-bond donors (Lipinski definition) is 4. The van der Waals surface area contributed by atoms with Crippen LogP contribution in [-0.2, 0) is 0 Å². The van der Waals surface area contributed by atoms with E-state index in [1.54, 1.807) is 13.1 Å². The van der Waals surface area contributed by atoms with Crippen LogP contribution in [0.2, 0.25) is 13.6 Å². The Morgan fingerprint density at radius 3 is 2.02 bits per heavy atom. The lowest BCUT2D eigenvalue weighted by atomic mass is 9.78. The van der Waals surface area contributed by atoms with Crippen LogP contribution >= 0.6 is 56.3 Å². The zero-order valence-electron chi connectivity index (χ0n) is 26.6. The molecule has 0 bridgehead atoms. The summed E-state index contributed by atoms with van der Waals surface area (Å²) in [5.74, 6) is 3.01. The van der Waals surface area contributed by atoms with Crippen LogP contribution < -0.4 is 5.32 Å². The van der Waals surface area contributed by atoms with Crippen molar-refractivity contribution in [3.05, 3.63) is 57.5 Å². The van der Waals surface area contributed by atoms with Gasteiger partial charge < -0.3 is 25.0 Å². The zero-order chi connectivity index (χ0) is 33.0. The summed E-state index contributed by atoms with van der Waals surface area (Å²) in [5.41, 5.74) is 2.80. The van der Waals surface area contributed by atoms with Crippen molar-refractivity contribution in [2.75, 3.05) is 44.0 Å². The molecule has 0 saturated carbocycles. The lowest BCUT2D eigenvalue weighted by Crippen LogP contribution is -2.52. The SMILES string of the molecule is CB(O)N1CCC(=Nc2ccccc2Br)CC1.CS.[3H]C#CC1(Nc2ccccc2Br)CCN(B(C)O)CC1.[3H]CSC#C. The number of halogens is 2. The zero-order valence-corrected chi connectivity index (χ0v) is 29.4. The van der Waals surface area contributed by atoms with Gasteiger partial charge in [0.25, 0.3) is 0 Å². The maximum atomic E-state index is 9.64. The molecule has 0 spiro atoms. The van der Waals surface area contributed by atoms with Crippen molar-refractivity contribution in [3.63, 3.8) is 0 Å². The lowest BCUT2D eigenvalue weighted by Gasteiger charge is -2.40. The maximum Gasteiger partial charge on any atom is 0.376 e. The highest BCUT2D eigenvalue weighted by atomic mass is 79.9. The number of nitrogens with zero attached hydrogens (tertiary/aromatic N) is 3. The molecule has 3 N–H and O–H groups in total. The second kappa shape index (κ2) is 21.4. The van der Waals surface area contributed by atoms with Crippen molar-refractivity contribution < 1.29 is 12.8 Å². The third-order valence-electron chi connectivity index (χ3n) is 6.79. The predicted octanol–water partition coefficient (Wildman–Crippen LogP) is 6.65. The van der Waals surface area contributed by atoms with E-state index < -0.39 is 12.6 Å². The Balaban J connectivity index is 0.000000367. The van der Waals surface area contributed by atoms with Crippen molar-refractivity contribution in [1.29, 1.82) is 0 Å². The van der Waals surface area contributed by atoms with Gasteiger partial charge >= 0.3 is 14.1 Å². The number of thioether (sulfide) groups is 1. The molecule has 2 aliphatic rings. The number of aliphatic imine (C=N–C) groups is 1. The van der Waals surface area contributed by atoms with Gasteiger partial charge in [-0.3, -0.25) is 4.99 Å². The number of hydrogen-bond acceptors (Lipinski definition) is 8. The highest BCUT2D eigenvalue weighted by molar-refractivity contribution is 9.11. The normalized spacial score (nSPS) is 16.4. The Labute approximate surface area is 283 Å². The minimum Gasteiger partial charge on any atom is -0.437 e. The Kier molecular flexibility index (Phi) is 17.9. The average Bonchev–Trinajstić information content (AvgIpc) is 3.02. The van der Waals surface area contributed by atoms with Crippen molar-refractivity contribution in [2.24, 2.45) is 4.99 Å². The summed E-state index contributed by atoms with van der Waals surface area (Å²) in [4.78, 5) is 8.76. The van der Waals surface area contributed by atoms with E-state index in [1.165, 1.54) is 5.71 Å². The van der Waals surface area contributed by atoms with E-state index >= 15 is 0 Å². The van der Waals surface area contributed by atoms with Gasteiger partial charge in [0.1, 0.15) is 6.91 Å². The molecule has 2 heterocycles. The smallest absolute Gasteiger partial charge is 0.376 e. The Hall–Kier alpha value is -1.34. The number of nitrogens with one attached hydrogen (secondary N) is 1. The van der Waals surface area contributed by atoms with Crippen molar-refractivity contribution in [1.82, 2.24) is 9.62 Å². The first kappa shape index (κ1) is 35.1. The number of piperidine rings is 2. The molecular formula is C30H42B2Br2N4O2S2. The van der Waals surface area contributed by atoms with Crippen molar-refractivity contribution in [2.45, 2.75) is 44.9 Å². The van der Waals surface area contributed by atoms with Gasteiger partial charge in [0, 0.05) is 21.7 Å². The van der Waals surface area contributed by atoms with Crippen LogP contribution in [0.15, 0.2) is 62.5 Å². The molecule has 226 valence electrons. The highest BCUT2D eigenvalue weighted by Crippen LogP contribution is 2.30. The van der Waals surface area contributed by atoms with Crippen LogP contribution in [-0.4, -0.2) is 83.7 Å². The molecule has 0 amide bonds. The molecule has 0 atom stereocenters. The molecule has 6 nitrogen and oxygen atoms in total. The molecule has 0 aliphatic carbocycles. The van der Waals surface area contributed by atoms with E-state index in [-0.39, 0.29) is 13.3 Å². The second-order valence-corrected chi connectivity index (χ2v) is 11.8. The number of rotatable bonds is 5. The Morgan fingerprint density at radius 2 is 1.55 bits per heavy atom. The molecule has 42 heavy (non-hydrogen) atoms. The highest BCUT2D eigenvalue weighted by Gasteiger charge is 2.35. The molecule has 0 unspecified atom stereocenters. The van der Waals surface area contributed by atoms with Crippen LogP contribution in [0.1, 0.15) is 28.4 Å². The molecule has 0 aromatic heterocycles. The second-order valence-electron chi connectivity index (χ2n) is 9.54. The van der Waals surface area contributed by atoms with Crippen molar-refractivity contribution in [3.8, 4) is 24.0 Å². The monoisotopic (exact) mass is 738 g/mol. The number of thiol groups is 1. The molecule has 0 radical (unpaired) electrons. The third-order valence-corrected chi connectivity index (χ3v) is 8.31. The first-order valence-electron chi connectivity index (χ1n) is 14.8. The fraction of sp³-hybridized carbons (Fsp3) is 0.433. The van der Waals surface area contributed by atoms with Gasteiger partial charge in [-0.2, -0.15) is 12.6 Å². The summed E-state index contributed by atoms with van der Waals surface area (Å²) in [5, 5.41) is 24.8. The molecule has 2 aliphatic heterocycles. The first-order valence-corrected chi connectivity index (χ1v) is 17.0. The van der Waals surface area contributed by atoms with E-state index in [0.29, 0.717) is 0 Å². The van der Waals surface area contributed by atoms with Crippen LogP contribution in [0.4, 0.5) is 11.4 Å². The Morgan fingerprint density at radius 1 is 1.00 bits per heavy atom. The maximum absolute atomic E-state index is 9.64. The third kappa shape index (κ3) is 13.5. The van der Waals surface area contributed by atoms with Gasteiger partial charge in [0.15, 0.2) is 0 Å². The van der Waals surface area contributed by atoms with E-state index in [9.17, 15) is 10.0 Å². The number of anilines is 1. The summed E-state index contributed by atoms with van der Waals surface area (Å²) in [6.45, 7) is 6.91. The van der Waals surface area contributed by atoms with E-state index in [2.05, 4.69) is 77.2 Å². The lowest BCUT2D eigenvalue weighted by molar-refractivity contribution is 0.269. The standard InChI is InChI=1S/C14H18BBrN2O.C12H16BBrN2O.C3H4S.CH4S/c1-3-14(8-10-18(11-9-14)15(2)19)17-13-7-5-4-6-12(13)16;1-13(17)16-8-6-10(7-9-16)15-12-5-3-2-4-11(12)14;1-3-4-2;1-2/h1,4-7,17,19H,8-11H2,2H3;2-5,17H,6-9H2,1H3;1H,2H3;2H,1H3/i1T;;2T;. The van der Waals surface area contributed by atoms with E-state index in [1.807, 2.05) is 60.2 Å². The van der Waals surface area contributed by atoms with E-state index in [4.69, 9.17) is 9.16 Å². The van der Waals surface area contributed by atoms with Gasteiger partial charge in [-0.15, -0.1) is 12.8 Å². The summed E-state index contributed by atoms with van der Waals surface area (Å²) in [6, 6.07) is 15.9. The molecule has 2 saturated heterocycles. The van der Waals surface area contributed by atoms with Crippen molar-refractivity contribution >= 4 is 87.4 Å². The number of terminal acetylenes is 2. The van der Waals surface area contributed by atoms with Gasteiger partial charge in [-0.05, 0) is 139 Å². The molecule has 2 aromatic carbocycles. The Bertz CT molecular complexity index is 1250. The van der Waals surface area contributed by atoms with Gasteiger partial charge in [-0.1, -0.05) is 41.9 Å². The van der Waals surface area contributed by atoms with Crippen LogP contribution in [0, 0.1) is 24.0 Å². The largest absolute Gasteiger partial charge is 0.437 e. The average molecular weight is 740 g/mol. The van der Waals surface area contributed by atoms with Gasteiger partial charge in [0.2, 0.25) is 0 Å². The summed E-state index contributed by atoms with van der Waals surface area (Å²) in [7, 11) is -0.777. The van der Waals surface area contributed by atoms with Crippen LogP contribution in [0.25, 0.3) is 0 Å². The number of para-hydroxylation sites is 2. The molecular weight excluding hydrogens is 694 g/mol. The topological polar surface area (TPSA) is 71.3 Å². The summed E-state index contributed by atoms with van der Waals surface area (Å²) in [6.07, 6.45) is 12.4. The quantitative estimate of drug-likeness (QED) is 0.157. The minimum atomic E-state index is -0.430. The molecule has 2 fully saturated rings. The molecule has 12 heteroatoms. The summed E-state index contributed by atoms with van der Waals surface area (Å²) >= 11 is 11.7. The fourth-order valence-corrected chi connectivity index (χ4v) is 5.12. The van der Waals surface area contributed by atoms with Gasteiger partial charge in [0.05, 0.1) is 5.69 Å². The van der Waals surface area contributed by atoms with E-state index in [0.717, 1.165) is 83.9 Å². The molecule has 2 aromatic rings. The van der Waals surface area contributed by atoms with Gasteiger partial charge in [-0.25, -0.2) is 0 Å². The summed E-state index contributed by atoms with van der Waals surface area (Å²) < 4.78 is 15.7. The first-order chi connectivity index (χ1) is 21.1. The molecule has 4 rings (SSSR count). The predicted molar refractivity (Wildman–Crippen MR) is 197 cm³/mol. The minimum absolute atomic E-state index is 0.274. The number of benzene rings is 2. The van der Waals surface area contributed by atoms with Crippen LogP contribution in [0.5, 0.6) is 0 Å². The fourth-order valence-electron chi connectivity index (χ4n) is 4.36.